The molecule has 0 aliphatic heterocycles. The minimum Gasteiger partial charge on any atom is -0.340 e. The first-order chi connectivity index (χ1) is 12.7. The van der Waals surface area contributed by atoms with E-state index < -0.39 is 9.84 Å². The van der Waals surface area contributed by atoms with Gasteiger partial charge in [0.1, 0.15) is 18.1 Å². The molecule has 0 spiro atoms. The Morgan fingerprint density at radius 1 is 1.15 bits per heavy atom. The number of amides is 1. The van der Waals surface area contributed by atoms with Gasteiger partial charge in [-0.15, -0.1) is 0 Å². The average molecular weight is 406 g/mol. The molecule has 6 nitrogen and oxygen atoms in total. The van der Waals surface area contributed by atoms with E-state index in [1.165, 1.54) is 0 Å². The monoisotopic (exact) mass is 405 g/mol. The minimum absolute atomic E-state index is 0.00627. The zero-order valence-electron chi connectivity index (χ0n) is 15.1. The minimum atomic E-state index is -3.28. The van der Waals surface area contributed by atoms with Crippen LogP contribution in [0.3, 0.4) is 0 Å². The van der Waals surface area contributed by atoms with Crippen LogP contribution in [0.25, 0.3) is 11.0 Å². The maximum absolute atomic E-state index is 12.8. The summed E-state index contributed by atoms with van der Waals surface area (Å²) in [7, 11) is -1.59. The van der Waals surface area contributed by atoms with E-state index in [9.17, 15) is 13.2 Å². The topological polar surface area (TPSA) is 72.3 Å². The maximum Gasteiger partial charge on any atom is 0.242 e. The van der Waals surface area contributed by atoms with Crippen molar-refractivity contribution in [3.8, 4) is 0 Å². The molecule has 0 N–H and O–H groups in total. The average Bonchev–Trinajstić information content (AvgIpc) is 2.92. The van der Waals surface area contributed by atoms with E-state index >= 15 is 0 Å². The van der Waals surface area contributed by atoms with Crippen molar-refractivity contribution < 1.29 is 13.2 Å². The highest BCUT2D eigenvalue weighted by Gasteiger charge is 2.19. The van der Waals surface area contributed by atoms with E-state index in [-0.39, 0.29) is 18.2 Å². The predicted octanol–water partition coefficient (Wildman–Crippen LogP) is 2.89. The first-order valence-corrected chi connectivity index (χ1v) is 10.8. The Balaban J connectivity index is 1.87. The summed E-state index contributed by atoms with van der Waals surface area (Å²) in [6.45, 7) is 0.374. The molecule has 1 heterocycles. The number of hydrogen-bond donors (Lipinski definition) is 0. The van der Waals surface area contributed by atoms with Gasteiger partial charge >= 0.3 is 0 Å². The van der Waals surface area contributed by atoms with Crippen LogP contribution in [-0.4, -0.2) is 42.1 Å². The number of carbonyl (C=O) groups is 1. The fourth-order valence-corrected chi connectivity index (χ4v) is 3.76. The third-order valence-electron chi connectivity index (χ3n) is 4.21. The Hall–Kier alpha value is -2.38. The normalized spacial score (nSPS) is 11.7. The molecule has 1 amide bonds. The van der Waals surface area contributed by atoms with Crippen molar-refractivity contribution in [1.29, 1.82) is 0 Å². The van der Waals surface area contributed by atoms with Crippen molar-refractivity contribution in [1.82, 2.24) is 14.5 Å². The lowest BCUT2D eigenvalue weighted by Gasteiger charge is -2.19. The number of imidazole rings is 1. The summed E-state index contributed by atoms with van der Waals surface area (Å²) in [5.74, 6) is -0.0190. The van der Waals surface area contributed by atoms with Gasteiger partial charge in [0.25, 0.3) is 0 Å². The van der Waals surface area contributed by atoms with Crippen molar-refractivity contribution in [3.05, 3.63) is 64.9 Å². The summed E-state index contributed by atoms with van der Waals surface area (Å²) < 4.78 is 25.2. The summed E-state index contributed by atoms with van der Waals surface area (Å²) in [6, 6.07) is 14.6. The number of rotatable bonds is 6. The first-order valence-electron chi connectivity index (χ1n) is 8.34. The lowest BCUT2D eigenvalue weighted by atomic mass is 10.2. The van der Waals surface area contributed by atoms with Crippen molar-refractivity contribution >= 4 is 38.4 Å². The van der Waals surface area contributed by atoms with Crippen molar-refractivity contribution in [3.63, 3.8) is 0 Å². The van der Waals surface area contributed by atoms with Crippen LogP contribution in [0.4, 0.5) is 0 Å². The second kappa shape index (κ2) is 7.70. The van der Waals surface area contributed by atoms with Gasteiger partial charge in [-0.2, -0.15) is 0 Å². The van der Waals surface area contributed by atoms with Crippen LogP contribution in [0, 0.1) is 0 Å². The second-order valence-corrected chi connectivity index (χ2v) is 9.06. The molecule has 0 saturated heterocycles. The molecule has 142 valence electrons. The van der Waals surface area contributed by atoms with Crippen LogP contribution in [0.5, 0.6) is 0 Å². The van der Waals surface area contributed by atoms with Gasteiger partial charge in [0, 0.05) is 24.9 Å². The second-order valence-electron chi connectivity index (χ2n) is 6.51. The molecular weight excluding hydrogens is 386 g/mol. The smallest absolute Gasteiger partial charge is 0.242 e. The Kier molecular flexibility index (Phi) is 5.53. The van der Waals surface area contributed by atoms with Gasteiger partial charge in [0.2, 0.25) is 5.91 Å². The molecule has 0 atom stereocenters. The van der Waals surface area contributed by atoms with Gasteiger partial charge in [-0.05, 0) is 23.8 Å². The van der Waals surface area contributed by atoms with Gasteiger partial charge in [-0.3, -0.25) is 4.79 Å². The molecule has 0 bridgehead atoms. The molecule has 0 radical (unpaired) electrons. The SMILES string of the molecule is CN(Cc1ccccc1Cl)C(=O)Cn1c(CS(C)(=O)=O)nc2ccccc21. The van der Waals surface area contributed by atoms with Gasteiger partial charge in [-0.25, -0.2) is 13.4 Å². The molecule has 0 aliphatic rings. The van der Waals surface area contributed by atoms with Crippen molar-refractivity contribution in [2.24, 2.45) is 0 Å². The lowest BCUT2D eigenvalue weighted by molar-refractivity contribution is -0.131. The van der Waals surface area contributed by atoms with Gasteiger partial charge < -0.3 is 9.47 Å². The van der Waals surface area contributed by atoms with E-state index in [0.717, 1.165) is 17.3 Å². The number of likely N-dealkylation sites (N-methyl/N-ethyl adjacent to an activating group) is 1. The molecule has 0 fully saturated rings. The standard InChI is InChI=1S/C19H20ClN3O3S/c1-22(11-14-7-3-4-8-15(14)20)19(24)12-23-17-10-6-5-9-16(17)21-18(23)13-27(2,25)26/h3-10H,11-13H2,1-2H3. The zero-order chi connectivity index (χ0) is 19.6. The van der Waals surface area contributed by atoms with Crippen LogP contribution in [0.15, 0.2) is 48.5 Å². The summed E-state index contributed by atoms with van der Waals surface area (Å²) in [6.07, 6.45) is 1.15. The fraction of sp³-hybridized carbons (Fsp3) is 0.263. The summed E-state index contributed by atoms with van der Waals surface area (Å²) in [5.41, 5.74) is 2.25. The Morgan fingerprint density at radius 3 is 2.52 bits per heavy atom. The molecule has 0 saturated carbocycles. The third kappa shape index (κ3) is 4.67. The number of aromatic nitrogens is 2. The van der Waals surface area contributed by atoms with Crippen LogP contribution in [0.2, 0.25) is 5.02 Å². The molecule has 27 heavy (non-hydrogen) atoms. The van der Waals surface area contributed by atoms with Crippen LogP contribution in [-0.2, 0) is 33.5 Å². The summed E-state index contributed by atoms with van der Waals surface area (Å²) in [4.78, 5) is 18.7. The lowest BCUT2D eigenvalue weighted by Crippen LogP contribution is -2.30. The molecule has 0 unspecified atom stereocenters. The quantitative estimate of drug-likeness (QED) is 0.632. The van der Waals surface area contributed by atoms with E-state index in [0.29, 0.717) is 22.9 Å². The molecule has 3 aromatic rings. The van der Waals surface area contributed by atoms with E-state index in [4.69, 9.17) is 11.6 Å². The Labute approximate surface area is 163 Å². The number of hydrogen-bond acceptors (Lipinski definition) is 4. The van der Waals surface area contributed by atoms with E-state index in [1.54, 1.807) is 28.6 Å². The number of carbonyl (C=O) groups excluding carboxylic acids is 1. The van der Waals surface area contributed by atoms with Crippen molar-refractivity contribution in [2.75, 3.05) is 13.3 Å². The molecule has 0 aliphatic carbocycles. The zero-order valence-corrected chi connectivity index (χ0v) is 16.7. The number of benzene rings is 2. The van der Waals surface area contributed by atoms with Gasteiger partial charge in [0.05, 0.1) is 11.0 Å². The molecule has 8 heteroatoms. The first kappa shape index (κ1) is 19.4. The Morgan fingerprint density at radius 2 is 1.81 bits per heavy atom. The van der Waals surface area contributed by atoms with Gasteiger partial charge in [-0.1, -0.05) is 41.9 Å². The molecule has 2 aromatic carbocycles. The number of fused-ring (bicyclic) bond motifs is 1. The molecule has 1 aromatic heterocycles. The molecular formula is C19H20ClN3O3S. The number of sulfone groups is 1. The third-order valence-corrected chi connectivity index (χ3v) is 5.36. The maximum atomic E-state index is 12.8. The summed E-state index contributed by atoms with van der Waals surface area (Å²) in [5, 5.41) is 0.600. The van der Waals surface area contributed by atoms with Crippen LogP contribution in [0.1, 0.15) is 11.4 Å². The largest absolute Gasteiger partial charge is 0.340 e. The van der Waals surface area contributed by atoms with E-state index in [2.05, 4.69) is 4.98 Å². The number of para-hydroxylation sites is 2. The van der Waals surface area contributed by atoms with Crippen LogP contribution < -0.4 is 0 Å². The highest BCUT2D eigenvalue weighted by molar-refractivity contribution is 7.89. The highest BCUT2D eigenvalue weighted by atomic mass is 35.5. The van der Waals surface area contributed by atoms with E-state index in [1.807, 2.05) is 36.4 Å². The highest BCUT2D eigenvalue weighted by Crippen LogP contribution is 2.19. The van der Waals surface area contributed by atoms with Crippen LogP contribution >= 0.6 is 11.6 Å². The summed E-state index contributed by atoms with van der Waals surface area (Å²) >= 11 is 6.17. The Bertz CT molecular complexity index is 1090. The van der Waals surface area contributed by atoms with Gasteiger partial charge in [0.15, 0.2) is 9.84 Å². The predicted molar refractivity (Wildman–Crippen MR) is 106 cm³/mol. The number of halogens is 1. The van der Waals surface area contributed by atoms with Crippen molar-refractivity contribution in [2.45, 2.75) is 18.8 Å². The molecule has 3 rings (SSSR count). The fourth-order valence-electron chi connectivity index (χ4n) is 2.87. The number of nitrogens with zero attached hydrogens (tertiary/aromatic N) is 3.